The van der Waals surface area contributed by atoms with Gasteiger partial charge in [0.1, 0.15) is 0 Å². The van der Waals surface area contributed by atoms with E-state index in [1.807, 2.05) is 19.5 Å². The molecule has 1 N–H and O–H groups in total. The number of amides is 1. The highest BCUT2D eigenvalue weighted by Gasteiger charge is 2.18. The van der Waals surface area contributed by atoms with Crippen LogP contribution in [0.15, 0.2) is 11.4 Å². The number of thiophene rings is 1. The fourth-order valence-corrected chi connectivity index (χ4v) is 2.55. The molecule has 0 atom stereocenters. The molecule has 1 aromatic rings. The maximum absolute atomic E-state index is 12.1. The van der Waals surface area contributed by atoms with Gasteiger partial charge in [-0.15, -0.1) is 11.3 Å². The lowest BCUT2D eigenvalue weighted by atomic mass is 10.0. The fraction of sp³-hybridized carbons (Fsp3) is 0.583. The van der Waals surface area contributed by atoms with E-state index in [0.717, 1.165) is 23.5 Å². The van der Waals surface area contributed by atoms with Gasteiger partial charge in [-0.25, -0.2) is 0 Å². The number of hydrogen-bond donors (Lipinski definition) is 1. The first-order valence-corrected chi connectivity index (χ1v) is 6.43. The van der Waals surface area contributed by atoms with Crippen LogP contribution in [0.25, 0.3) is 0 Å². The van der Waals surface area contributed by atoms with E-state index in [0.29, 0.717) is 5.92 Å². The third-order valence-electron chi connectivity index (χ3n) is 2.56. The summed E-state index contributed by atoms with van der Waals surface area (Å²) in [6, 6.07) is 2.05. The van der Waals surface area contributed by atoms with E-state index >= 15 is 0 Å². The van der Waals surface area contributed by atoms with Crippen molar-refractivity contribution in [1.82, 2.24) is 10.2 Å². The Balaban J connectivity index is 2.75. The molecule has 3 nitrogen and oxygen atoms in total. The topological polar surface area (TPSA) is 32.3 Å². The van der Waals surface area contributed by atoms with Gasteiger partial charge < -0.3 is 10.2 Å². The van der Waals surface area contributed by atoms with E-state index in [2.05, 4.69) is 25.2 Å². The molecule has 0 saturated heterocycles. The minimum Gasteiger partial charge on any atom is -0.340 e. The molecule has 0 aliphatic carbocycles. The van der Waals surface area contributed by atoms with Crippen LogP contribution in [-0.2, 0) is 0 Å². The van der Waals surface area contributed by atoms with Crippen molar-refractivity contribution in [2.24, 2.45) is 0 Å². The van der Waals surface area contributed by atoms with Gasteiger partial charge in [0.05, 0.1) is 4.88 Å². The molecule has 0 aliphatic heterocycles. The maximum Gasteiger partial charge on any atom is 0.263 e. The van der Waals surface area contributed by atoms with E-state index in [1.165, 1.54) is 11.3 Å². The van der Waals surface area contributed by atoms with Gasteiger partial charge in [0.2, 0.25) is 0 Å². The SMILES string of the molecule is CNCCN(C)C(=O)c1sccc1C(C)C. The first-order chi connectivity index (χ1) is 7.57. The van der Waals surface area contributed by atoms with E-state index in [4.69, 9.17) is 0 Å². The lowest BCUT2D eigenvalue weighted by molar-refractivity contribution is 0.0800. The van der Waals surface area contributed by atoms with Gasteiger partial charge in [0.15, 0.2) is 0 Å². The van der Waals surface area contributed by atoms with Crippen molar-refractivity contribution in [3.63, 3.8) is 0 Å². The molecule has 0 bridgehead atoms. The minimum atomic E-state index is 0.133. The van der Waals surface area contributed by atoms with Crippen molar-refractivity contribution in [2.45, 2.75) is 19.8 Å². The third kappa shape index (κ3) is 3.06. The molecule has 90 valence electrons. The summed E-state index contributed by atoms with van der Waals surface area (Å²) in [5, 5.41) is 5.04. The standard InChI is InChI=1S/C12H20N2OS/c1-9(2)10-5-8-16-11(10)12(15)14(4)7-6-13-3/h5,8-9,13H,6-7H2,1-4H3. The summed E-state index contributed by atoms with van der Waals surface area (Å²) < 4.78 is 0. The molecule has 0 spiro atoms. The molecule has 0 unspecified atom stereocenters. The fourth-order valence-electron chi connectivity index (χ4n) is 1.50. The lowest BCUT2D eigenvalue weighted by Gasteiger charge is -2.17. The Morgan fingerprint density at radius 2 is 2.25 bits per heavy atom. The molecule has 16 heavy (non-hydrogen) atoms. The highest BCUT2D eigenvalue weighted by Crippen LogP contribution is 2.25. The molecule has 0 saturated carbocycles. The van der Waals surface area contributed by atoms with Crippen molar-refractivity contribution >= 4 is 17.2 Å². The zero-order valence-electron chi connectivity index (χ0n) is 10.4. The highest BCUT2D eigenvalue weighted by atomic mass is 32.1. The van der Waals surface area contributed by atoms with Crippen LogP contribution < -0.4 is 5.32 Å². The Kier molecular flexibility index (Phi) is 4.96. The molecule has 0 aliphatic rings. The van der Waals surface area contributed by atoms with Crippen LogP contribution in [0, 0.1) is 0 Å². The number of hydrogen-bond acceptors (Lipinski definition) is 3. The molecular weight excluding hydrogens is 220 g/mol. The Labute approximate surface area is 101 Å². The van der Waals surface area contributed by atoms with Gasteiger partial charge >= 0.3 is 0 Å². The summed E-state index contributed by atoms with van der Waals surface area (Å²) >= 11 is 1.54. The first-order valence-electron chi connectivity index (χ1n) is 5.55. The van der Waals surface area contributed by atoms with Gasteiger partial charge in [-0.2, -0.15) is 0 Å². The summed E-state index contributed by atoms with van der Waals surface area (Å²) in [6.07, 6.45) is 0. The third-order valence-corrected chi connectivity index (χ3v) is 3.47. The van der Waals surface area contributed by atoms with Gasteiger partial charge in [-0.05, 0) is 30.0 Å². The molecule has 0 aromatic carbocycles. The van der Waals surface area contributed by atoms with Crippen molar-refractivity contribution in [2.75, 3.05) is 27.2 Å². The summed E-state index contributed by atoms with van der Waals surface area (Å²) in [5.74, 6) is 0.539. The van der Waals surface area contributed by atoms with Crippen molar-refractivity contribution in [3.05, 3.63) is 21.9 Å². The van der Waals surface area contributed by atoms with Gasteiger partial charge in [-0.3, -0.25) is 4.79 Å². The Bertz CT molecular complexity index is 347. The predicted octanol–water partition coefficient (Wildman–Crippen LogP) is 2.16. The second-order valence-corrected chi connectivity index (χ2v) is 5.11. The summed E-state index contributed by atoms with van der Waals surface area (Å²) in [4.78, 5) is 14.8. The minimum absolute atomic E-state index is 0.133. The average Bonchev–Trinajstić information content (AvgIpc) is 2.73. The summed E-state index contributed by atoms with van der Waals surface area (Å²) in [5.41, 5.74) is 1.16. The second kappa shape index (κ2) is 6.01. The zero-order chi connectivity index (χ0) is 12.1. The quantitative estimate of drug-likeness (QED) is 0.855. The van der Waals surface area contributed by atoms with Crippen molar-refractivity contribution in [3.8, 4) is 0 Å². The molecule has 1 amide bonds. The smallest absolute Gasteiger partial charge is 0.263 e. The second-order valence-electron chi connectivity index (χ2n) is 4.19. The van der Waals surface area contributed by atoms with Gasteiger partial charge in [0, 0.05) is 20.1 Å². The Morgan fingerprint density at radius 1 is 1.56 bits per heavy atom. The van der Waals surface area contributed by atoms with Crippen molar-refractivity contribution < 1.29 is 4.79 Å². The van der Waals surface area contributed by atoms with Gasteiger partial charge in [0.25, 0.3) is 5.91 Å². The zero-order valence-corrected chi connectivity index (χ0v) is 11.2. The lowest BCUT2D eigenvalue weighted by Crippen LogP contribution is -2.32. The Hall–Kier alpha value is -0.870. The monoisotopic (exact) mass is 240 g/mol. The largest absolute Gasteiger partial charge is 0.340 e. The van der Waals surface area contributed by atoms with Crippen LogP contribution in [0.1, 0.15) is 35.0 Å². The molecule has 1 rings (SSSR count). The van der Waals surface area contributed by atoms with E-state index < -0.39 is 0 Å². The number of likely N-dealkylation sites (N-methyl/N-ethyl adjacent to an activating group) is 2. The summed E-state index contributed by atoms with van der Waals surface area (Å²) in [7, 11) is 3.74. The molecule has 1 aromatic heterocycles. The van der Waals surface area contributed by atoms with Crippen LogP contribution in [0.5, 0.6) is 0 Å². The van der Waals surface area contributed by atoms with E-state index in [1.54, 1.807) is 4.90 Å². The van der Waals surface area contributed by atoms with Crippen LogP contribution in [-0.4, -0.2) is 38.0 Å². The molecule has 4 heteroatoms. The number of nitrogens with zero attached hydrogens (tertiary/aromatic N) is 1. The van der Waals surface area contributed by atoms with Crippen LogP contribution in [0.4, 0.5) is 0 Å². The predicted molar refractivity (Wildman–Crippen MR) is 69.3 cm³/mol. The van der Waals surface area contributed by atoms with Crippen molar-refractivity contribution in [1.29, 1.82) is 0 Å². The molecule has 1 heterocycles. The molecular formula is C12H20N2OS. The number of rotatable bonds is 5. The van der Waals surface area contributed by atoms with Crippen LogP contribution in [0.2, 0.25) is 0 Å². The average molecular weight is 240 g/mol. The van der Waals surface area contributed by atoms with Gasteiger partial charge in [-0.1, -0.05) is 13.8 Å². The highest BCUT2D eigenvalue weighted by molar-refractivity contribution is 7.12. The number of carbonyl (C=O) groups excluding carboxylic acids is 1. The molecule has 0 radical (unpaired) electrons. The Morgan fingerprint density at radius 3 is 2.81 bits per heavy atom. The normalized spacial score (nSPS) is 10.8. The number of nitrogens with one attached hydrogen (secondary N) is 1. The first kappa shape index (κ1) is 13.2. The maximum atomic E-state index is 12.1. The number of carbonyl (C=O) groups is 1. The van der Waals surface area contributed by atoms with Crippen LogP contribution >= 0.6 is 11.3 Å². The van der Waals surface area contributed by atoms with E-state index in [-0.39, 0.29) is 5.91 Å². The van der Waals surface area contributed by atoms with E-state index in [9.17, 15) is 4.79 Å². The summed E-state index contributed by atoms with van der Waals surface area (Å²) in [6.45, 7) is 5.80. The van der Waals surface area contributed by atoms with Crippen LogP contribution in [0.3, 0.4) is 0 Å². The molecule has 0 fully saturated rings.